The van der Waals surface area contributed by atoms with Gasteiger partial charge in [-0.05, 0) is 43.9 Å². The number of ether oxygens (including phenoxy) is 1. The SMILES string of the molecule is CC1(Oc2ccc3c(c2)C(c2cc(N4CCC(n5ccnc5)C4)ncn2)=NC3)CC1. The molecule has 3 aliphatic rings. The molecule has 2 aromatic heterocycles. The zero-order chi connectivity index (χ0) is 20.1. The van der Waals surface area contributed by atoms with Crippen LogP contribution in [-0.2, 0) is 6.54 Å². The lowest BCUT2D eigenvalue weighted by atomic mass is 10.0. The number of fused-ring (bicyclic) bond motifs is 1. The number of benzene rings is 1. The molecule has 2 fully saturated rings. The molecule has 7 nitrogen and oxygen atoms in total. The average Bonchev–Trinajstić information content (AvgIpc) is 3.26. The highest BCUT2D eigenvalue weighted by Gasteiger charge is 2.40. The minimum absolute atomic E-state index is 0.00770. The third-order valence-electron chi connectivity index (χ3n) is 6.39. The fourth-order valence-electron chi connectivity index (χ4n) is 4.34. The summed E-state index contributed by atoms with van der Waals surface area (Å²) in [5.41, 5.74) is 4.16. The molecular formula is C23H24N6O. The molecule has 1 saturated heterocycles. The zero-order valence-corrected chi connectivity index (χ0v) is 17.0. The van der Waals surface area contributed by atoms with Crippen LogP contribution >= 0.6 is 0 Å². The summed E-state index contributed by atoms with van der Waals surface area (Å²) < 4.78 is 8.35. The van der Waals surface area contributed by atoms with Crippen molar-refractivity contribution in [2.45, 2.75) is 44.4 Å². The Morgan fingerprint density at radius 1 is 1.17 bits per heavy atom. The second-order valence-electron chi connectivity index (χ2n) is 8.70. The summed E-state index contributed by atoms with van der Waals surface area (Å²) in [6.07, 6.45) is 10.7. The summed E-state index contributed by atoms with van der Waals surface area (Å²) in [6, 6.07) is 8.81. The number of aliphatic imine (C=N–C) groups is 1. The van der Waals surface area contributed by atoms with Gasteiger partial charge in [0.15, 0.2) is 0 Å². The number of anilines is 1. The molecule has 1 aromatic carbocycles. The fourth-order valence-corrected chi connectivity index (χ4v) is 4.34. The van der Waals surface area contributed by atoms with Gasteiger partial charge in [-0.15, -0.1) is 0 Å². The van der Waals surface area contributed by atoms with Crippen molar-refractivity contribution in [3.8, 4) is 5.75 Å². The third-order valence-corrected chi connectivity index (χ3v) is 6.39. The number of hydrogen-bond donors (Lipinski definition) is 0. The largest absolute Gasteiger partial charge is 0.488 e. The van der Waals surface area contributed by atoms with E-state index < -0.39 is 0 Å². The van der Waals surface area contributed by atoms with Crippen LogP contribution in [0.3, 0.4) is 0 Å². The van der Waals surface area contributed by atoms with E-state index in [1.54, 1.807) is 6.33 Å². The smallest absolute Gasteiger partial charge is 0.132 e. The Morgan fingerprint density at radius 3 is 2.93 bits per heavy atom. The lowest BCUT2D eigenvalue weighted by molar-refractivity contribution is 0.200. The molecule has 30 heavy (non-hydrogen) atoms. The zero-order valence-electron chi connectivity index (χ0n) is 17.0. The second kappa shape index (κ2) is 6.65. The Hall–Kier alpha value is -3.22. The van der Waals surface area contributed by atoms with E-state index in [0.717, 1.165) is 60.9 Å². The normalized spacial score (nSPS) is 21.4. The summed E-state index contributed by atoms with van der Waals surface area (Å²) >= 11 is 0. The summed E-state index contributed by atoms with van der Waals surface area (Å²) in [4.78, 5) is 20.4. The Balaban J connectivity index is 1.25. The van der Waals surface area contributed by atoms with Gasteiger partial charge in [0.2, 0.25) is 0 Å². The quantitative estimate of drug-likeness (QED) is 0.657. The topological polar surface area (TPSA) is 68.4 Å². The number of aromatic nitrogens is 4. The molecule has 1 atom stereocenters. The van der Waals surface area contributed by atoms with E-state index in [2.05, 4.69) is 55.6 Å². The lowest BCUT2D eigenvalue weighted by Crippen LogP contribution is -2.22. The first-order valence-electron chi connectivity index (χ1n) is 10.6. The highest BCUT2D eigenvalue weighted by atomic mass is 16.5. The molecule has 3 aromatic rings. The minimum atomic E-state index is 0.00770. The van der Waals surface area contributed by atoms with Gasteiger partial charge < -0.3 is 14.2 Å². The van der Waals surface area contributed by atoms with E-state index in [-0.39, 0.29) is 5.60 Å². The first kappa shape index (κ1) is 17.6. The molecule has 2 aliphatic heterocycles. The molecular weight excluding hydrogens is 376 g/mol. The van der Waals surface area contributed by atoms with Crippen molar-refractivity contribution < 1.29 is 4.74 Å². The Morgan fingerprint density at radius 2 is 2.10 bits per heavy atom. The molecule has 0 bridgehead atoms. The van der Waals surface area contributed by atoms with E-state index in [1.165, 1.54) is 5.56 Å². The first-order chi connectivity index (χ1) is 14.7. The fraction of sp³-hybridized carbons (Fsp3) is 0.391. The molecule has 0 amide bonds. The van der Waals surface area contributed by atoms with Gasteiger partial charge in [0.1, 0.15) is 23.5 Å². The number of hydrogen-bond acceptors (Lipinski definition) is 6. The number of nitrogens with zero attached hydrogens (tertiary/aromatic N) is 6. The second-order valence-corrected chi connectivity index (χ2v) is 8.70. The van der Waals surface area contributed by atoms with Crippen LogP contribution in [0.5, 0.6) is 5.75 Å². The van der Waals surface area contributed by atoms with E-state index in [9.17, 15) is 0 Å². The van der Waals surface area contributed by atoms with Gasteiger partial charge in [0.05, 0.1) is 30.3 Å². The van der Waals surface area contributed by atoms with Crippen molar-refractivity contribution in [1.29, 1.82) is 0 Å². The molecule has 1 unspecified atom stereocenters. The standard InChI is InChI=1S/C23H24N6O/c1-23(5-6-23)30-18-3-2-16-12-25-22(19(16)10-18)20-11-21(27-14-26-20)28-8-4-17(13-28)29-9-7-24-15-29/h2-3,7,9-11,14-15,17H,4-6,8,12-13H2,1H3. The Kier molecular flexibility index (Phi) is 3.91. The van der Waals surface area contributed by atoms with Gasteiger partial charge in [-0.25, -0.2) is 15.0 Å². The van der Waals surface area contributed by atoms with Gasteiger partial charge in [-0.2, -0.15) is 0 Å². The average molecular weight is 400 g/mol. The van der Waals surface area contributed by atoms with Crippen molar-refractivity contribution in [2.75, 3.05) is 18.0 Å². The molecule has 0 spiro atoms. The molecule has 1 aliphatic carbocycles. The molecule has 0 radical (unpaired) electrons. The predicted octanol–water partition coefficient (Wildman–Crippen LogP) is 3.41. The van der Waals surface area contributed by atoms with Crippen LogP contribution in [0.4, 0.5) is 5.82 Å². The lowest BCUT2D eigenvalue weighted by Gasteiger charge is -2.18. The molecule has 7 heteroatoms. The summed E-state index contributed by atoms with van der Waals surface area (Å²) in [5.74, 6) is 1.87. The first-order valence-corrected chi connectivity index (χ1v) is 10.6. The Labute approximate surface area is 175 Å². The number of rotatable bonds is 5. The monoisotopic (exact) mass is 400 g/mol. The van der Waals surface area contributed by atoms with Crippen molar-refractivity contribution in [1.82, 2.24) is 19.5 Å². The van der Waals surface area contributed by atoms with Crippen molar-refractivity contribution in [2.24, 2.45) is 4.99 Å². The van der Waals surface area contributed by atoms with Crippen LogP contribution in [0.25, 0.3) is 0 Å². The van der Waals surface area contributed by atoms with Crippen LogP contribution in [0.15, 0.2) is 54.3 Å². The van der Waals surface area contributed by atoms with Crippen LogP contribution in [-0.4, -0.2) is 43.9 Å². The molecule has 4 heterocycles. The molecule has 6 rings (SSSR count). The maximum atomic E-state index is 6.17. The summed E-state index contributed by atoms with van der Waals surface area (Å²) in [7, 11) is 0. The summed E-state index contributed by atoms with van der Waals surface area (Å²) in [5, 5.41) is 0. The molecule has 0 N–H and O–H groups in total. The molecule has 1 saturated carbocycles. The van der Waals surface area contributed by atoms with Gasteiger partial charge >= 0.3 is 0 Å². The van der Waals surface area contributed by atoms with E-state index in [4.69, 9.17) is 9.73 Å². The Bertz CT molecular complexity index is 1120. The molecule has 152 valence electrons. The number of imidazole rings is 1. The van der Waals surface area contributed by atoms with Crippen molar-refractivity contribution in [3.05, 3.63) is 66.1 Å². The highest BCUT2D eigenvalue weighted by molar-refractivity contribution is 6.14. The maximum Gasteiger partial charge on any atom is 0.132 e. The van der Waals surface area contributed by atoms with Gasteiger partial charge in [0, 0.05) is 37.1 Å². The van der Waals surface area contributed by atoms with Crippen molar-refractivity contribution in [3.63, 3.8) is 0 Å². The summed E-state index contributed by atoms with van der Waals surface area (Å²) in [6.45, 7) is 4.75. The van der Waals surface area contributed by atoms with Crippen LogP contribution in [0, 0.1) is 0 Å². The third kappa shape index (κ3) is 3.14. The highest BCUT2D eigenvalue weighted by Crippen LogP contribution is 2.40. The van der Waals surface area contributed by atoms with E-state index in [1.807, 2.05) is 18.7 Å². The van der Waals surface area contributed by atoms with E-state index in [0.29, 0.717) is 12.6 Å². The van der Waals surface area contributed by atoms with Gasteiger partial charge in [0.25, 0.3) is 0 Å². The van der Waals surface area contributed by atoms with Crippen LogP contribution in [0.2, 0.25) is 0 Å². The predicted molar refractivity (Wildman–Crippen MR) is 114 cm³/mol. The van der Waals surface area contributed by atoms with E-state index >= 15 is 0 Å². The maximum absolute atomic E-state index is 6.17. The minimum Gasteiger partial charge on any atom is -0.488 e. The van der Waals surface area contributed by atoms with Crippen LogP contribution < -0.4 is 9.64 Å². The van der Waals surface area contributed by atoms with Crippen LogP contribution in [0.1, 0.15) is 49.0 Å². The van der Waals surface area contributed by atoms with Gasteiger partial charge in [-0.1, -0.05) is 6.07 Å². The van der Waals surface area contributed by atoms with Crippen molar-refractivity contribution >= 4 is 11.5 Å². The van der Waals surface area contributed by atoms with Gasteiger partial charge in [-0.3, -0.25) is 4.99 Å².